The Morgan fingerprint density at radius 3 is 2.76 bits per heavy atom. The Balaban J connectivity index is 2.47. The summed E-state index contributed by atoms with van der Waals surface area (Å²) >= 11 is 0. The normalized spacial score (nSPS) is 10.2. The Bertz CT molecular complexity index is 534. The quantitative estimate of drug-likeness (QED) is 0.835. The number of hydrogen-bond donors (Lipinski definition) is 1. The fourth-order valence-corrected chi connectivity index (χ4v) is 1.36. The Hall–Kier alpha value is -2.37. The van der Waals surface area contributed by atoms with Crippen LogP contribution < -0.4 is 5.73 Å². The topological polar surface area (TPSA) is 85.2 Å². The van der Waals surface area contributed by atoms with Crippen molar-refractivity contribution >= 4 is 11.9 Å². The summed E-state index contributed by atoms with van der Waals surface area (Å²) in [4.78, 5) is 21.1. The largest absolute Gasteiger partial charge is 0.463 e. The number of hydrogen-bond acceptors (Lipinski definition) is 5. The number of nitrogens with two attached hydrogens (primary N) is 1. The molecule has 2 heterocycles. The molecule has 88 valence electrons. The van der Waals surface area contributed by atoms with Gasteiger partial charge in [-0.1, -0.05) is 0 Å². The van der Waals surface area contributed by atoms with Crippen LogP contribution in [0.2, 0.25) is 0 Å². The van der Waals surface area contributed by atoms with Crippen molar-refractivity contribution in [2.24, 2.45) is 0 Å². The molecule has 0 aromatic carbocycles. The lowest BCUT2D eigenvalue weighted by atomic mass is 10.2. The van der Waals surface area contributed by atoms with E-state index in [0.29, 0.717) is 11.5 Å². The van der Waals surface area contributed by atoms with Gasteiger partial charge < -0.3 is 15.1 Å². The SMILES string of the molecule is CN(C)C(=O)c1cc(-c2ccco2)nc(N)n1. The van der Waals surface area contributed by atoms with Crippen LogP contribution in [0.25, 0.3) is 11.5 Å². The highest BCUT2D eigenvalue weighted by Crippen LogP contribution is 2.19. The van der Waals surface area contributed by atoms with E-state index >= 15 is 0 Å². The predicted molar refractivity (Wildman–Crippen MR) is 62.2 cm³/mol. The number of nitrogens with zero attached hydrogens (tertiary/aromatic N) is 3. The van der Waals surface area contributed by atoms with Crippen LogP contribution in [0, 0.1) is 0 Å². The molecule has 0 aliphatic rings. The zero-order valence-electron chi connectivity index (χ0n) is 9.54. The lowest BCUT2D eigenvalue weighted by Crippen LogP contribution is -2.23. The third-order valence-corrected chi connectivity index (χ3v) is 2.14. The summed E-state index contributed by atoms with van der Waals surface area (Å²) in [6.45, 7) is 0. The van der Waals surface area contributed by atoms with E-state index in [-0.39, 0.29) is 17.5 Å². The standard InChI is InChI=1S/C11H12N4O2/c1-15(2)10(16)8-6-7(13-11(12)14-8)9-4-3-5-17-9/h3-6H,1-2H3,(H2,12,13,14). The average Bonchev–Trinajstić information content (AvgIpc) is 2.80. The average molecular weight is 232 g/mol. The highest BCUT2D eigenvalue weighted by atomic mass is 16.3. The summed E-state index contributed by atoms with van der Waals surface area (Å²) in [5.74, 6) is 0.364. The van der Waals surface area contributed by atoms with E-state index in [1.807, 2.05) is 0 Å². The Morgan fingerprint density at radius 2 is 2.18 bits per heavy atom. The van der Waals surface area contributed by atoms with E-state index in [0.717, 1.165) is 0 Å². The molecule has 0 atom stereocenters. The summed E-state index contributed by atoms with van der Waals surface area (Å²) in [7, 11) is 3.29. The molecule has 17 heavy (non-hydrogen) atoms. The predicted octanol–water partition coefficient (Wildman–Crippen LogP) is 1.02. The third-order valence-electron chi connectivity index (χ3n) is 2.14. The van der Waals surface area contributed by atoms with Gasteiger partial charge >= 0.3 is 0 Å². The van der Waals surface area contributed by atoms with Gasteiger partial charge in [-0.3, -0.25) is 4.79 Å². The Labute approximate surface area is 98.1 Å². The van der Waals surface area contributed by atoms with Crippen LogP contribution in [-0.4, -0.2) is 34.9 Å². The number of carbonyl (C=O) groups excluding carboxylic acids is 1. The lowest BCUT2D eigenvalue weighted by Gasteiger charge is -2.10. The molecular weight excluding hydrogens is 220 g/mol. The first-order valence-electron chi connectivity index (χ1n) is 4.98. The van der Waals surface area contributed by atoms with E-state index in [1.54, 1.807) is 32.3 Å². The fourth-order valence-electron chi connectivity index (χ4n) is 1.36. The summed E-state index contributed by atoms with van der Waals surface area (Å²) in [5, 5.41) is 0. The van der Waals surface area contributed by atoms with Gasteiger partial charge in [-0.15, -0.1) is 0 Å². The van der Waals surface area contributed by atoms with E-state index in [1.165, 1.54) is 11.2 Å². The van der Waals surface area contributed by atoms with Crippen LogP contribution in [-0.2, 0) is 0 Å². The van der Waals surface area contributed by atoms with Crippen molar-refractivity contribution in [2.45, 2.75) is 0 Å². The monoisotopic (exact) mass is 232 g/mol. The van der Waals surface area contributed by atoms with Crippen LogP contribution in [0.1, 0.15) is 10.5 Å². The molecule has 0 aliphatic carbocycles. The summed E-state index contributed by atoms with van der Waals surface area (Å²) in [6, 6.07) is 5.03. The molecule has 0 bridgehead atoms. The van der Waals surface area contributed by atoms with Gasteiger partial charge in [-0.05, 0) is 18.2 Å². The maximum atomic E-state index is 11.8. The lowest BCUT2D eigenvalue weighted by molar-refractivity contribution is 0.0822. The maximum absolute atomic E-state index is 11.8. The van der Waals surface area contributed by atoms with Gasteiger partial charge in [0.05, 0.1) is 6.26 Å². The molecule has 1 amide bonds. The van der Waals surface area contributed by atoms with Crippen molar-refractivity contribution in [1.29, 1.82) is 0 Å². The second-order valence-corrected chi connectivity index (χ2v) is 3.67. The highest BCUT2D eigenvalue weighted by Gasteiger charge is 2.14. The molecule has 0 radical (unpaired) electrons. The van der Waals surface area contributed by atoms with Crippen molar-refractivity contribution in [3.05, 3.63) is 30.2 Å². The molecule has 0 saturated heterocycles. The van der Waals surface area contributed by atoms with E-state index in [4.69, 9.17) is 10.2 Å². The van der Waals surface area contributed by atoms with Crippen LogP contribution in [0.3, 0.4) is 0 Å². The number of carbonyl (C=O) groups is 1. The van der Waals surface area contributed by atoms with Gasteiger partial charge in [-0.2, -0.15) is 0 Å². The van der Waals surface area contributed by atoms with Crippen LogP contribution in [0.15, 0.2) is 28.9 Å². The zero-order chi connectivity index (χ0) is 12.4. The molecule has 0 unspecified atom stereocenters. The molecule has 0 fully saturated rings. The van der Waals surface area contributed by atoms with E-state index in [2.05, 4.69) is 9.97 Å². The Morgan fingerprint density at radius 1 is 1.41 bits per heavy atom. The minimum atomic E-state index is -0.230. The molecule has 0 aliphatic heterocycles. The smallest absolute Gasteiger partial charge is 0.272 e. The molecule has 2 rings (SSSR count). The number of nitrogen functional groups attached to an aromatic ring is 1. The minimum absolute atomic E-state index is 0.0455. The summed E-state index contributed by atoms with van der Waals surface area (Å²) in [6.07, 6.45) is 1.53. The summed E-state index contributed by atoms with van der Waals surface area (Å²) < 4.78 is 5.20. The van der Waals surface area contributed by atoms with Gasteiger partial charge in [-0.25, -0.2) is 9.97 Å². The van der Waals surface area contributed by atoms with E-state index < -0.39 is 0 Å². The van der Waals surface area contributed by atoms with Gasteiger partial charge in [0.25, 0.3) is 5.91 Å². The highest BCUT2D eigenvalue weighted by molar-refractivity contribution is 5.93. The summed E-state index contributed by atoms with van der Waals surface area (Å²) in [5.41, 5.74) is 6.31. The first kappa shape index (κ1) is 11.1. The van der Waals surface area contributed by atoms with Gasteiger partial charge in [0.15, 0.2) is 5.76 Å². The number of rotatable bonds is 2. The van der Waals surface area contributed by atoms with E-state index in [9.17, 15) is 4.79 Å². The number of aromatic nitrogens is 2. The van der Waals surface area contributed by atoms with Gasteiger partial charge in [0.1, 0.15) is 11.4 Å². The van der Waals surface area contributed by atoms with Crippen molar-refractivity contribution in [2.75, 3.05) is 19.8 Å². The molecule has 0 spiro atoms. The van der Waals surface area contributed by atoms with Crippen LogP contribution >= 0.6 is 0 Å². The van der Waals surface area contributed by atoms with Crippen molar-refractivity contribution in [3.8, 4) is 11.5 Å². The van der Waals surface area contributed by atoms with Gasteiger partial charge in [0.2, 0.25) is 5.95 Å². The first-order chi connectivity index (χ1) is 8.08. The minimum Gasteiger partial charge on any atom is -0.463 e. The van der Waals surface area contributed by atoms with Crippen molar-refractivity contribution < 1.29 is 9.21 Å². The molecule has 6 nitrogen and oxygen atoms in total. The van der Waals surface area contributed by atoms with Gasteiger partial charge in [0, 0.05) is 14.1 Å². The number of furan rings is 1. The number of amides is 1. The molecule has 0 saturated carbocycles. The molecule has 2 aromatic heterocycles. The van der Waals surface area contributed by atoms with Crippen LogP contribution in [0.4, 0.5) is 5.95 Å². The number of anilines is 1. The molecule has 2 aromatic rings. The van der Waals surface area contributed by atoms with Crippen molar-refractivity contribution in [1.82, 2.24) is 14.9 Å². The second-order valence-electron chi connectivity index (χ2n) is 3.67. The van der Waals surface area contributed by atoms with Crippen molar-refractivity contribution in [3.63, 3.8) is 0 Å². The maximum Gasteiger partial charge on any atom is 0.272 e. The fraction of sp³-hybridized carbons (Fsp3) is 0.182. The molecule has 6 heteroatoms. The third kappa shape index (κ3) is 2.25. The molecular formula is C11H12N4O2. The zero-order valence-corrected chi connectivity index (χ0v) is 9.54. The Kier molecular flexibility index (Phi) is 2.78. The second kappa shape index (κ2) is 4.25. The first-order valence-corrected chi connectivity index (χ1v) is 4.98. The van der Waals surface area contributed by atoms with Crippen LogP contribution in [0.5, 0.6) is 0 Å². The molecule has 2 N–H and O–H groups in total.